The van der Waals surface area contributed by atoms with E-state index in [2.05, 4.69) is 174 Å². The van der Waals surface area contributed by atoms with E-state index >= 15 is 0 Å². The fraction of sp³-hybridized carbons (Fsp3) is 0.0217. The molecule has 0 saturated carbocycles. The molecular formula is C46H31N3O. The van der Waals surface area contributed by atoms with Gasteiger partial charge in [0.2, 0.25) is 0 Å². The maximum absolute atomic E-state index is 6.66. The van der Waals surface area contributed by atoms with Gasteiger partial charge in [0.05, 0.1) is 16.7 Å². The predicted molar refractivity (Wildman–Crippen MR) is 207 cm³/mol. The van der Waals surface area contributed by atoms with Gasteiger partial charge >= 0.3 is 0 Å². The summed E-state index contributed by atoms with van der Waals surface area (Å²) in [4.78, 5) is 5.23. The lowest BCUT2D eigenvalue weighted by molar-refractivity contribution is 0.659. The Bertz CT molecular complexity index is 2770. The van der Waals surface area contributed by atoms with Gasteiger partial charge in [-0.1, -0.05) is 127 Å². The maximum atomic E-state index is 6.66. The van der Waals surface area contributed by atoms with Crippen LogP contribution < -0.4 is 5.32 Å². The molecule has 1 aliphatic heterocycles. The van der Waals surface area contributed by atoms with Crippen molar-refractivity contribution in [3.8, 4) is 16.8 Å². The molecule has 1 aliphatic rings. The number of furan rings is 1. The van der Waals surface area contributed by atoms with Crippen LogP contribution in [0.1, 0.15) is 22.9 Å². The fourth-order valence-corrected chi connectivity index (χ4v) is 7.44. The van der Waals surface area contributed by atoms with Crippen LogP contribution in [0.5, 0.6) is 0 Å². The molecule has 1 unspecified atom stereocenters. The molecule has 2 aromatic heterocycles. The van der Waals surface area contributed by atoms with Gasteiger partial charge in [-0.2, -0.15) is 0 Å². The van der Waals surface area contributed by atoms with E-state index in [0.717, 1.165) is 66.9 Å². The Balaban J connectivity index is 1.11. The zero-order chi connectivity index (χ0) is 33.0. The van der Waals surface area contributed by atoms with Gasteiger partial charge in [-0.05, 0) is 70.8 Å². The lowest BCUT2D eigenvalue weighted by atomic mass is 9.99. The smallest absolute Gasteiger partial charge is 0.145 e. The van der Waals surface area contributed by atoms with Gasteiger partial charge in [0.25, 0.3) is 0 Å². The van der Waals surface area contributed by atoms with Crippen LogP contribution in [0.25, 0.3) is 66.3 Å². The van der Waals surface area contributed by atoms with Gasteiger partial charge < -0.3 is 14.3 Å². The number of rotatable bonds is 5. The lowest BCUT2D eigenvalue weighted by Crippen LogP contribution is -2.24. The van der Waals surface area contributed by atoms with Crippen molar-refractivity contribution >= 4 is 55.2 Å². The van der Waals surface area contributed by atoms with E-state index in [4.69, 9.17) is 9.41 Å². The molecule has 1 atom stereocenters. The molecule has 0 aliphatic carbocycles. The molecule has 4 heteroatoms. The zero-order valence-electron chi connectivity index (χ0n) is 27.1. The van der Waals surface area contributed by atoms with Crippen molar-refractivity contribution in [3.63, 3.8) is 0 Å². The highest BCUT2D eigenvalue weighted by Gasteiger charge is 2.22. The van der Waals surface area contributed by atoms with Gasteiger partial charge in [-0.15, -0.1) is 0 Å². The summed E-state index contributed by atoms with van der Waals surface area (Å²) in [6.45, 7) is 0. The molecular weight excluding hydrogens is 611 g/mol. The molecule has 0 radical (unpaired) electrons. The van der Waals surface area contributed by atoms with E-state index in [-0.39, 0.29) is 6.17 Å². The van der Waals surface area contributed by atoms with Gasteiger partial charge in [0.15, 0.2) is 0 Å². The molecule has 10 rings (SSSR count). The molecule has 236 valence electrons. The van der Waals surface area contributed by atoms with Crippen LogP contribution in [-0.2, 0) is 0 Å². The molecule has 1 N–H and O–H groups in total. The summed E-state index contributed by atoms with van der Waals surface area (Å²) in [6.07, 6.45) is 1.92. The van der Waals surface area contributed by atoms with E-state index in [1.165, 1.54) is 21.8 Å². The highest BCUT2D eigenvalue weighted by atomic mass is 16.3. The van der Waals surface area contributed by atoms with E-state index < -0.39 is 0 Å². The summed E-state index contributed by atoms with van der Waals surface area (Å²) >= 11 is 0. The normalized spacial score (nSPS) is 14.6. The van der Waals surface area contributed by atoms with Gasteiger partial charge in [-0.3, -0.25) is 4.99 Å². The average Bonchev–Trinajstić information content (AvgIpc) is 3.74. The van der Waals surface area contributed by atoms with Crippen molar-refractivity contribution in [2.75, 3.05) is 0 Å². The van der Waals surface area contributed by atoms with Crippen LogP contribution >= 0.6 is 0 Å². The number of aromatic nitrogens is 1. The highest BCUT2D eigenvalue weighted by molar-refractivity contribution is 6.21. The summed E-state index contributed by atoms with van der Waals surface area (Å²) in [6, 6.07) is 59.8. The first-order chi connectivity index (χ1) is 24.8. The number of fused-ring (bicyclic) bond motifs is 6. The molecule has 7 aromatic carbocycles. The topological polar surface area (TPSA) is 42.5 Å². The zero-order valence-corrected chi connectivity index (χ0v) is 27.1. The molecule has 3 heterocycles. The molecule has 4 nitrogen and oxygen atoms in total. The maximum Gasteiger partial charge on any atom is 0.145 e. The van der Waals surface area contributed by atoms with Crippen molar-refractivity contribution < 1.29 is 4.42 Å². The fourth-order valence-electron chi connectivity index (χ4n) is 7.44. The lowest BCUT2D eigenvalue weighted by Gasteiger charge is -2.25. The Kier molecular flexibility index (Phi) is 6.53. The number of hydrogen-bond acceptors (Lipinski definition) is 3. The Morgan fingerprint density at radius 3 is 2.04 bits per heavy atom. The van der Waals surface area contributed by atoms with Crippen LogP contribution in [0.2, 0.25) is 0 Å². The second-order valence-electron chi connectivity index (χ2n) is 12.8. The predicted octanol–water partition coefficient (Wildman–Crippen LogP) is 11.5. The van der Waals surface area contributed by atoms with Gasteiger partial charge in [0, 0.05) is 38.5 Å². The van der Waals surface area contributed by atoms with Crippen LogP contribution in [0.4, 0.5) is 0 Å². The van der Waals surface area contributed by atoms with Gasteiger partial charge in [-0.25, -0.2) is 0 Å². The summed E-state index contributed by atoms with van der Waals surface area (Å²) in [5.74, 6) is 0. The quantitative estimate of drug-likeness (QED) is 0.203. The number of nitrogens with one attached hydrogen (secondary N) is 1. The van der Waals surface area contributed by atoms with Crippen molar-refractivity contribution in [1.29, 1.82) is 0 Å². The minimum atomic E-state index is -0.223. The van der Waals surface area contributed by atoms with Crippen molar-refractivity contribution in [2.24, 2.45) is 4.99 Å². The van der Waals surface area contributed by atoms with Crippen molar-refractivity contribution in [1.82, 2.24) is 9.88 Å². The first-order valence-electron chi connectivity index (χ1n) is 17.0. The third-order valence-electron chi connectivity index (χ3n) is 9.84. The SMILES string of the molecule is C1=C(c2ccccc2)NC(c2ccccc2)N=C1c1cccc2c1oc1ccc(-c3ccc4c5ccccc5n(-c5ccccc5)c4c3)cc12. The van der Waals surface area contributed by atoms with E-state index in [1.807, 2.05) is 12.1 Å². The Morgan fingerprint density at radius 2 is 1.20 bits per heavy atom. The number of nitrogens with zero attached hydrogens (tertiary/aromatic N) is 2. The monoisotopic (exact) mass is 641 g/mol. The van der Waals surface area contributed by atoms with E-state index in [9.17, 15) is 0 Å². The van der Waals surface area contributed by atoms with Gasteiger partial charge in [0.1, 0.15) is 17.3 Å². The number of hydrogen-bond donors (Lipinski definition) is 1. The molecule has 0 fully saturated rings. The highest BCUT2D eigenvalue weighted by Crippen LogP contribution is 2.38. The molecule has 0 saturated heterocycles. The summed E-state index contributed by atoms with van der Waals surface area (Å²) in [5.41, 5.74) is 12.7. The Hall–Kier alpha value is -6.65. The van der Waals surface area contributed by atoms with Crippen LogP contribution in [0.3, 0.4) is 0 Å². The first-order valence-corrected chi connectivity index (χ1v) is 17.0. The third kappa shape index (κ3) is 4.65. The van der Waals surface area contributed by atoms with Crippen molar-refractivity contribution in [2.45, 2.75) is 6.17 Å². The average molecular weight is 642 g/mol. The minimum Gasteiger partial charge on any atom is -0.455 e. The molecule has 50 heavy (non-hydrogen) atoms. The molecule has 0 amide bonds. The number of allylic oxidation sites excluding steroid dienone is 1. The largest absolute Gasteiger partial charge is 0.455 e. The summed E-state index contributed by atoms with van der Waals surface area (Å²) < 4.78 is 9.03. The first kappa shape index (κ1) is 28.4. The number of benzene rings is 7. The third-order valence-corrected chi connectivity index (χ3v) is 9.84. The molecule has 9 aromatic rings. The standard InChI is InChI=1S/C46H31N3O/c1-4-13-30(14-5-1)40-29-41(48-46(47-40)31-15-6-2-7-16-31)38-21-12-20-37-39-27-32(24-26-44(39)50-45(37)38)33-23-25-36-35-19-10-11-22-42(35)49(43(36)28-33)34-17-8-3-9-18-34/h1-29,46-47H. The van der Waals surface area contributed by atoms with E-state index in [1.54, 1.807) is 0 Å². The number of para-hydroxylation sites is 3. The summed E-state index contributed by atoms with van der Waals surface area (Å²) in [5, 5.41) is 8.32. The molecule has 0 spiro atoms. The number of aliphatic imine (C=N–C) groups is 1. The van der Waals surface area contributed by atoms with Crippen LogP contribution in [0.15, 0.2) is 185 Å². The Morgan fingerprint density at radius 1 is 0.520 bits per heavy atom. The minimum absolute atomic E-state index is 0.223. The van der Waals surface area contributed by atoms with Crippen molar-refractivity contribution in [3.05, 3.63) is 193 Å². The Labute approximate surface area is 289 Å². The second kappa shape index (κ2) is 11.5. The van der Waals surface area contributed by atoms with Crippen LogP contribution in [0, 0.1) is 0 Å². The molecule has 0 bridgehead atoms. The second-order valence-corrected chi connectivity index (χ2v) is 12.8. The van der Waals surface area contributed by atoms with E-state index in [0.29, 0.717) is 0 Å². The summed E-state index contributed by atoms with van der Waals surface area (Å²) in [7, 11) is 0. The van der Waals surface area contributed by atoms with Crippen LogP contribution in [-0.4, -0.2) is 10.3 Å².